The summed E-state index contributed by atoms with van der Waals surface area (Å²) in [5.41, 5.74) is 0.424. The lowest BCUT2D eigenvalue weighted by molar-refractivity contribution is -0.140. The summed E-state index contributed by atoms with van der Waals surface area (Å²) in [4.78, 5) is 11.9. The Bertz CT molecular complexity index is 506. The molecule has 1 heterocycles. The zero-order chi connectivity index (χ0) is 16.4. The van der Waals surface area contributed by atoms with Gasteiger partial charge in [-0.2, -0.15) is 0 Å². The van der Waals surface area contributed by atoms with E-state index in [0.29, 0.717) is 24.3 Å². The van der Waals surface area contributed by atoms with Crippen LogP contribution in [0, 0.1) is 34.5 Å². The molecule has 4 fully saturated rings. The highest BCUT2D eigenvalue weighted by Crippen LogP contribution is 2.65. The highest BCUT2D eigenvalue weighted by Gasteiger charge is 2.62. The van der Waals surface area contributed by atoms with Crippen molar-refractivity contribution in [1.82, 2.24) is 5.32 Å². The third-order valence-electron chi connectivity index (χ3n) is 8.71. The number of amides is 1. The van der Waals surface area contributed by atoms with Gasteiger partial charge in [0.2, 0.25) is 5.91 Å². The van der Waals surface area contributed by atoms with Crippen LogP contribution in [0.3, 0.4) is 0 Å². The van der Waals surface area contributed by atoms with Gasteiger partial charge in [0.1, 0.15) is 0 Å². The molecule has 0 aromatic carbocycles. The molecule has 4 rings (SSSR count). The summed E-state index contributed by atoms with van der Waals surface area (Å²) in [6.45, 7) is 7.12. The Morgan fingerprint density at radius 1 is 1.17 bits per heavy atom. The minimum atomic E-state index is -0.102. The Labute approximate surface area is 140 Å². The Balaban J connectivity index is 1.67. The largest absolute Gasteiger partial charge is 0.393 e. The minimum Gasteiger partial charge on any atom is -0.393 e. The van der Waals surface area contributed by atoms with Crippen LogP contribution in [0.1, 0.15) is 72.1 Å². The van der Waals surface area contributed by atoms with Gasteiger partial charge in [-0.05, 0) is 73.0 Å². The maximum Gasteiger partial charge on any atom is 0.220 e. The molecule has 3 heteroatoms. The van der Waals surface area contributed by atoms with Crippen LogP contribution < -0.4 is 5.32 Å². The lowest BCUT2D eigenvalue weighted by Gasteiger charge is -2.60. The van der Waals surface area contributed by atoms with E-state index >= 15 is 0 Å². The molecule has 4 aliphatic rings. The van der Waals surface area contributed by atoms with Gasteiger partial charge >= 0.3 is 0 Å². The first-order chi connectivity index (χ1) is 10.9. The van der Waals surface area contributed by atoms with Crippen LogP contribution >= 0.6 is 0 Å². The van der Waals surface area contributed by atoms with E-state index in [2.05, 4.69) is 26.1 Å². The van der Waals surface area contributed by atoms with Crippen molar-refractivity contribution in [2.45, 2.75) is 84.3 Å². The highest BCUT2D eigenvalue weighted by atomic mass is 16.3. The average Bonchev–Trinajstić information content (AvgIpc) is 2.79. The molecule has 23 heavy (non-hydrogen) atoms. The van der Waals surface area contributed by atoms with Gasteiger partial charge in [0.25, 0.3) is 0 Å². The zero-order valence-corrected chi connectivity index (χ0v) is 15.0. The Morgan fingerprint density at radius 3 is 2.70 bits per heavy atom. The number of nitrogens with one attached hydrogen (secondary N) is 1. The van der Waals surface area contributed by atoms with Crippen molar-refractivity contribution in [3.8, 4) is 0 Å². The molecule has 1 aliphatic heterocycles. The fourth-order valence-corrected chi connectivity index (χ4v) is 7.38. The topological polar surface area (TPSA) is 49.3 Å². The first-order valence-electron chi connectivity index (χ1n) is 9.87. The average molecular weight is 319 g/mol. The van der Waals surface area contributed by atoms with Gasteiger partial charge in [-0.1, -0.05) is 27.2 Å². The summed E-state index contributed by atoms with van der Waals surface area (Å²) in [7, 11) is 0. The molecule has 0 spiro atoms. The molecule has 1 saturated heterocycles. The Hall–Kier alpha value is -0.570. The van der Waals surface area contributed by atoms with Crippen molar-refractivity contribution in [3.05, 3.63) is 0 Å². The summed E-state index contributed by atoms with van der Waals surface area (Å²) >= 11 is 0. The molecule has 3 aliphatic carbocycles. The summed E-state index contributed by atoms with van der Waals surface area (Å²) < 4.78 is 0. The van der Waals surface area contributed by atoms with Gasteiger partial charge in [0, 0.05) is 12.5 Å². The second-order valence-corrected chi connectivity index (χ2v) is 9.46. The molecular formula is C20H33NO2. The summed E-state index contributed by atoms with van der Waals surface area (Å²) in [6, 6.07) is 0.390. The van der Waals surface area contributed by atoms with E-state index < -0.39 is 0 Å². The van der Waals surface area contributed by atoms with E-state index in [0.717, 1.165) is 31.1 Å². The maximum atomic E-state index is 11.9. The standard InChI is InChI=1S/C20H33NO2/c1-4-12-11-16(22)20(3)9-7-14-13(18(12)20)5-6-15-19(14,2)10-8-17(23)21-15/h12-16,18,22H,4-11H2,1-3H3,(H,21,23)/t12-,13-,14+,15-,16+,18+,19-,20-/m1/s1. The van der Waals surface area contributed by atoms with Crippen LogP contribution in [0.5, 0.6) is 0 Å². The Kier molecular flexibility index (Phi) is 3.61. The van der Waals surface area contributed by atoms with E-state index in [1.165, 1.54) is 25.7 Å². The number of carbonyl (C=O) groups excluding carboxylic acids is 1. The number of piperidine rings is 1. The van der Waals surface area contributed by atoms with Crippen molar-refractivity contribution in [3.63, 3.8) is 0 Å². The van der Waals surface area contributed by atoms with Crippen molar-refractivity contribution in [2.75, 3.05) is 0 Å². The minimum absolute atomic E-state index is 0.102. The van der Waals surface area contributed by atoms with E-state index in [4.69, 9.17) is 0 Å². The monoisotopic (exact) mass is 319 g/mol. The molecular weight excluding hydrogens is 286 g/mol. The summed E-state index contributed by atoms with van der Waals surface area (Å²) in [5, 5.41) is 14.1. The molecule has 0 radical (unpaired) electrons. The quantitative estimate of drug-likeness (QED) is 0.777. The number of fused-ring (bicyclic) bond motifs is 5. The van der Waals surface area contributed by atoms with Crippen LogP contribution in [0.2, 0.25) is 0 Å². The molecule has 8 atom stereocenters. The molecule has 0 aromatic heterocycles. The van der Waals surface area contributed by atoms with Crippen LogP contribution in [-0.2, 0) is 4.79 Å². The molecule has 1 amide bonds. The van der Waals surface area contributed by atoms with Crippen molar-refractivity contribution in [2.24, 2.45) is 34.5 Å². The van der Waals surface area contributed by atoms with Crippen LogP contribution in [0.4, 0.5) is 0 Å². The SMILES string of the molecule is CC[C@@H]1C[C@H](O)[C@@]2(C)CC[C@H]3[C@@H](CC[C@H]4NC(=O)CC[C@@]43C)[C@H]12. The molecule has 3 saturated carbocycles. The fourth-order valence-electron chi connectivity index (χ4n) is 7.38. The number of hydrogen-bond donors (Lipinski definition) is 2. The van der Waals surface area contributed by atoms with E-state index in [-0.39, 0.29) is 22.8 Å². The van der Waals surface area contributed by atoms with Gasteiger partial charge in [-0.15, -0.1) is 0 Å². The predicted octanol–water partition coefficient (Wildman–Crippen LogP) is 3.50. The normalized spacial score (nSPS) is 55.6. The fraction of sp³-hybridized carbons (Fsp3) is 0.950. The van der Waals surface area contributed by atoms with E-state index in [1.54, 1.807) is 0 Å². The molecule has 2 N–H and O–H groups in total. The highest BCUT2D eigenvalue weighted by molar-refractivity contribution is 5.77. The summed E-state index contributed by atoms with van der Waals surface area (Å²) in [6.07, 6.45) is 8.69. The first-order valence-corrected chi connectivity index (χ1v) is 9.87. The first kappa shape index (κ1) is 15.9. The lowest BCUT2D eigenvalue weighted by Crippen LogP contribution is -2.61. The van der Waals surface area contributed by atoms with Crippen molar-refractivity contribution < 1.29 is 9.90 Å². The predicted molar refractivity (Wildman–Crippen MR) is 90.7 cm³/mol. The van der Waals surface area contributed by atoms with Crippen LogP contribution in [-0.4, -0.2) is 23.2 Å². The number of aliphatic hydroxyl groups is 1. The molecule has 0 bridgehead atoms. The lowest BCUT2D eigenvalue weighted by atomic mass is 9.46. The third-order valence-corrected chi connectivity index (χ3v) is 8.71. The number of carbonyl (C=O) groups is 1. The van der Waals surface area contributed by atoms with Crippen molar-refractivity contribution in [1.29, 1.82) is 0 Å². The number of hydrogen-bond acceptors (Lipinski definition) is 2. The number of aliphatic hydroxyl groups excluding tert-OH is 1. The van der Waals surface area contributed by atoms with Gasteiger partial charge in [0.15, 0.2) is 0 Å². The molecule has 130 valence electrons. The zero-order valence-electron chi connectivity index (χ0n) is 15.0. The van der Waals surface area contributed by atoms with Gasteiger partial charge in [0.05, 0.1) is 6.10 Å². The van der Waals surface area contributed by atoms with Gasteiger partial charge in [-0.25, -0.2) is 0 Å². The maximum absolute atomic E-state index is 11.9. The van der Waals surface area contributed by atoms with Crippen LogP contribution in [0.15, 0.2) is 0 Å². The van der Waals surface area contributed by atoms with Crippen molar-refractivity contribution >= 4 is 5.91 Å². The molecule has 3 nitrogen and oxygen atoms in total. The summed E-state index contributed by atoms with van der Waals surface area (Å²) in [5.74, 6) is 3.14. The van der Waals surface area contributed by atoms with Crippen LogP contribution in [0.25, 0.3) is 0 Å². The third kappa shape index (κ3) is 2.08. The van der Waals surface area contributed by atoms with E-state index in [9.17, 15) is 9.90 Å². The van der Waals surface area contributed by atoms with Gasteiger partial charge < -0.3 is 10.4 Å². The van der Waals surface area contributed by atoms with E-state index in [1.807, 2.05) is 0 Å². The second kappa shape index (κ2) is 5.21. The Morgan fingerprint density at radius 2 is 1.96 bits per heavy atom. The molecule has 0 aromatic rings. The number of rotatable bonds is 1. The smallest absolute Gasteiger partial charge is 0.220 e. The van der Waals surface area contributed by atoms with Gasteiger partial charge in [-0.3, -0.25) is 4.79 Å². The molecule has 0 unspecified atom stereocenters. The second-order valence-electron chi connectivity index (χ2n) is 9.46.